The highest BCUT2D eigenvalue weighted by Crippen LogP contribution is 2.26. The number of ether oxygens (including phenoxy) is 1. The smallest absolute Gasteiger partial charge is 0.229 e. The average Bonchev–Trinajstić information content (AvgIpc) is 2.69. The highest BCUT2D eigenvalue weighted by molar-refractivity contribution is 9.10. The van der Waals surface area contributed by atoms with Gasteiger partial charge < -0.3 is 10.1 Å². The van der Waals surface area contributed by atoms with Crippen molar-refractivity contribution in [1.29, 1.82) is 0 Å². The van der Waals surface area contributed by atoms with E-state index in [-0.39, 0.29) is 17.9 Å². The Morgan fingerprint density at radius 2 is 2.29 bits per heavy atom. The van der Waals surface area contributed by atoms with Crippen LogP contribution in [-0.4, -0.2) is 18.6 Å². The summed E-state index contributed by atoms with van der Waals surface area (Å²) in [5.41, 5.74) is 1.98. The molecule has 17 heavy (non-hydrogen) atoms. The van der Waals surface area contributed by atoms with Crippen molar-refractivity contribution in [1.82, 2.24) is 0 Å². The first-order valence-electron chi connectivity index (χ1n) is 5.75. The number of hydrogen-bond donors (Lipinski definition) is 1. The second-order valence-electron chi connectivity index (χ2n) is 4.55. The van der Waals surface area contributed by atoms with Gasteiger partial charge in [0, 0.05) is 4.47 Å². The van der Waals surface area contributed by atoms with E-state index in [4.69, 9.17) is 4.74 Å². The highest BCUT2D eigenvalue weighted by Gasteiger charge is 2.28. The van der Waals surface area contributed by atoms with E-state index in [0.717, 1.165) is 22.1 Å². The second kappa shape index (κ2) is 5.19. The quantitative estimate of drug-likeness (QED) is 0.911. The Hall–Kier alpha value is -0.870. The third-order valence-corrected chi connectivity index (χ3v) is 3.61. The van der Waals surface area contributed by atoms with Crippen molar-refractivity contribution in [2.75, 3.05) is 11.9 Å². The molecule has 92 valence electrons. The van der Waals surface area contributed by atoms with Crippen molar-refractivity contribution in [3.05, 3.63) is 28.2 Å². The van der Waals surface area contributed by atoms with E-state index in [1.165, 1.54) is 0 Å². The third-order valence-electron chi connectivity index (χ3n) is 2.95. The topological polar surface area (TPSA) is 38.3 Å². The molecule has 1 aliphatic rings. The predicted molar refractivity (Wildman–Crippen MR) is 71.0 cm³/mol. The molecule has 1 heterocycles. The lowest BCUT2D eigenvalue weighted by Crippen LogP contribution is -2.23. The van der Waals surface area contributed by atoms with E-state index < -0.39 is 0 Å². The fourth-order valence-electron chi connectivity index (χ4n) is 1.96. The average molecular weight is 298 g/mol. The highest BCUT2D eigenvalue weighted by atomic mass is 79.9. The fraction of sp³-hybridized carbons (Fsp3) is 0.462. The second-order valence-corrected chi connectivity index (χ2v) is 5.40. The molecule has 1 aromatic rings. The first-order valence-corrected chi connectivity index (χ1v) is 6.54. The zero-order valence-corrected chi connectivity index (χ0v) is 11.6. The molecule has 1 N–H and O–H groups in total. The van der Waals surface area contributed by atoms with Crippen molar-refractivity contribution >= 4 is 27.5 Å². The Balaban J connectivity index is 2.03. The van der Waals surface area contributed by atoms with Gasteiger partial charge in [-0.15, -0.1) is 0 Å². The van der Waals surface area contributed by atoms with Gasteiger partial charge in [0.25, 0.3) is 0 Å². The van der Waals surface area contributed by atoms with Crippen LogP contribution in [0, 0.1) is 12.8 Å². The number of aryl methyl sites for hydroxylation is 1. The van der Waals surface area contributed by atoms with Gasteiger partial charge in [0.1, 0.15) is 0 Å². The van der Waals surface area contributed by atoms with E-state index >= 15 is 0 Å². The molecule has 1 saturated heterocycles. The normalized spacial score (nSPS) is 23.7. The van der Waals surface area contributed by atoms with Crippen molar-refractivity contribution in [2.45, 2.75) is 26.4 Å². The third kappa shape index (κ3) is 3.07. The first-order chi connectivity index (χ1) is 8.06. The number of hydrogen-bond acceptors (Lipinski definition) is 2. The molecule has 4 heteroatoms. The number of rotatable bonds is 2. The maximum absolute atomic E-state index is 12.0. The van der Waals surface area contributed by atoms with Gasteiger partial charge in [0.05, 0.1) is 24.3 Å². The first kappa shape index (κ1) is 12.6. The lowest BCUT2D eigenvalue weighted by atomic mass is 10.1. The fourth-order valence-corrected chi connectivity index (χ4v) is 2.55. The number of benzene rings is 1. The molecule has 0 radical (unpaired) electrons. The number of nitrogens with one attached hydrogen (secondary N) is 1. The van der Waals surface area contributed by atoms with Crippen LogP contribution in [-0.2, 0) is 9.53 Å². The molecule has 3 nitrogen and oxygen atoms in total. The van der Waals surface area contributed by atoms with Crippen LogP contribution in [0.5, 0.6) is 0 Å². The molecular formula is C13H16BrNO2. The maximum Gasteiger partial charge on any atom is 0.229 e. The zero-order chi connectivity index (χ0) is 12.4. The number of carbonyl (C=O) groups is 1. The Morgan fingerprint density at radius 3 is 2.88 bits per heavy atom. The Labute approximate surface area is 110 Å². The SMILES string of the molecule is Cc1ccc(NC(=O)C2COC(C)C2)c(Br)c1. The summed E-state index contributed by atoms with van der Waals surface area (Å²) in [6, 6.07) is 5.88. The summed E-state index contributed by atoms with van der Waals surface area (Å²) in [5, 5.41) is 2.93. The molecule has 1 aromatic carbocycles. The van der Waals surface area contributed by atoms with E-state index in [9.17, 15) is 4.79 Å². The van der Waals surface area contributed by atoms with Crippen LogP contribution in [0.3, 0.4) is 0 Å². The monoisotopic (exact) mass is 297 g/mol. The predicted octanol–water partition coefficient (Wildman–Crippen LogP) is 3.12. The largest absolute Gasteiger partial charge is 0.378 e. The van der Waals surface area contributed by atoms with Gasteiger partial charge in [-0.1, -0.05) is 6.07 Å². The molecule has 0 bridgehead atoms. The lowest BCUT2D eigenvalue weighted by molar-refractivity contribution is -0.119. The van der Waals surface area contributed by atoms with Crippen molar-refractivity contribution in [3.63, 3.8) is 0 Å². The lowest BCUT2D eigenvalue weighted by Gasteiger charge is -2.11. The van der Waals surface area contributed by atoms with Gasteiger partial charge >= 0.3 is 0 Å². The zero-order valence-electron chi connectivity index (χ0n) is 10.00. The molecule has 1 aliphatic heterocycles. The molecule has 1 fully saturated rings. The van der Waals surface area contributed by atoms with Crippen LogP contribution in [0.2, 0.25) is 0 Å². The number of anilines is 1. The van der Waals surface area contributed by atoms with Gasteiger partial charge in [-0.25, -0.2) is 0 Å². The van der Waals surface area contributed by atoms with Gasteiger partial charge in [0.15, 0.2) is 0 Å². The van der Waals surface area contributed by atoms with Crippen molar-refractivity contribution < 1.29 is 9.53 Å². The Bertz CT molecular complexity index is 433. The standard InChI is InChI=1S/C13H16BrNO2/c1-8-3-4-12(11(14)5-8)15-13(16)10-6-9(2)17-7-10/h3-5,9-10H,6-7H2,1-2H3,(H,15,16). The van der Waals surface area contributed by atoms with E-state index in [1.54, 1.807) is 0 Å². The molecule has 0 spiro atoms. The Morgan fingerprint density at radius 1 is 1.53 bits per heavy atom. The molecule has 0 aliphatic carbocycles. The van der Waals surface area contributed by atoms with Crippen molar-refractivity contribution in [2.24, 2.45) is 5.92 Å². The van der Waals surface area contributed by atoms with E-state index in [1.807, 2.05) is 32.0 Å². The Kier molecular flexibility index (Phi) is 3.84. The van der Waals surface area contributed by atoms with Gasteiger partial charge in [-0.2, -0.15) is 0 Å². The van der Waals surface area contributed by atoms with Gasteiger partial charge in [0.2, 0.25) is 5.91 Å². The molecule has 1 amide bonds. The molecule has 0 saturated carbocycles. The van der Waals surface area contributed by atoms with Crippen LogP contribution in [0.15, 0.2) is 22.7 Å². The minimum absolute atomic E-state index is 0.0294. The molecular weight excluding hydrogens is 282 g/mol. The van der Waals surface area contributed by atoms with E-state index in [2.05, 4.69) is 21.2 Å². The maximum atomic E-state index is 12.0. The van der Waals surface area contributed by atoms with Crippen LogP contribution < -0.4 is 5.32 Å². The molecule has 2 rings (SSSR count). The van der Waals surface area contributed by atoms with Crippen LogP contribution in [0.4, 0.5) is 5.69 Å². The minimum Gasteiger partial charge on any atom is -0.378 e. The molecule has 0 aromatic heterocycles. The summed E-state index contributed by atoms with van der Waals surface area (Å²) in [4.78, 5) is 12.0. The van der Waals surface area contributed by atoms with Crippen molar-refractivity contribution in [3.8, 4) is 0 Å². The van der Waals surface area contributed by atoms with Crippen LogP contribution in [0.1, 0.15) is 18.9 Å². The summed E-state index contributed by atoms with van der Waals surface area (Å²) in [7, 11) is 0. The summed E-state index contributed by atoms with van der Waals surface area (Å²) in [6.45, 7) is 4.54. The summed E-state index contributed by atoms with van der Waals surface area (Å²) in [5.74, 6) is 0.0112. The molecule has 2 unspecified atom stereocenters. The summed E-state index contributed by atoms with van der Waals surface area (Å²) in [6.07, 6.45) is 0.988. The molecule has 2 atom stereocenters. The van der Waals surface area contributed by atoms with Crippen LogP contribution >= 0.6 is 15.9 Å². The summed E-state index contributed by atoms with van der Waals surface area (Å²) < 4.78 is 6.32. The number of halogens is 1. The summed E-state index contributed by atoms with van der Waals surface area (Å²) >= 11 is 3.45. The van der Waals surface area contributed by atoms with E-state index in [0.29, 0.717) is 6.61 Å². The van der Waals surface area contributed by atoms with Gasteiger partial charge in [-0.3, -0.25) is 4.79 Å². The van der Waals surface area contributed by atoms with Crippen LogP contribution in [0.25, 0.3) is 0 Å². The number of carbonyl (C=O) groups excluding carboxylic acids is 1. The number of amides is 1. The minimum atomic E-state index is -0.0294. The van der Waals surface area contributed by atoms with Gasteiger partial charge in [-0.05, 0) is 53.9 Å².